The summed E-state index contributed by atoms with van der Waals surface area (Å²) >= 11 is 0. The summed E-state index contributed by atoms with van der Waals surface area (Å²) in [7, 11) is 0. The summed E-state index contributed by atoms with van der Waals surface area (Å²) in [5.41, 5.74) is 2.35. The van der Waals surface area contributed by atoms with E-state index in [-0.39, 0.29) is 6.04 Å². The third kappa shape index (κ3) is 1.59. The van der Waals surface area contributed by atoms with Crippen molar-refractivity contribution in [1.29, 1.82) is 0 Å². The van der Waals surface area contributed by atoms with Crippen molar-refractivity contribution in [3.63, 3.8) is 0 Å². The lowest BCUT2D eigenvalue weighted by Crippen LogP contribution is -1.89. The number of rotatable bonds is 1. The van der Waals surface area contributed by atoms with Crippen molar-refractivity contribution in [1.82, 2.24) is 0 Å². The van der Waals surface area contributed by atoms with Gasteiger partial charge in [-0.2, -0.15) is 0 Å². The van der Waals surface area contributed by atoms with E-state index in [4.69, 9.17) is 6.57 Å². The SMILES string of the molecule is [C-]#[N+]C(C)c1ccccc1C. The smallest absolute Gasteiger partial charge is 0.246 e. The summed E-state index contributed by atoms with van der Waals surface area (Å²) in [6.07, 6.45) is 0. The Morgan fingerprint density at radius 1 is 1.36 bits per heavy atom. The van der Waals surface area contributed by atoms with E-state index in [1.807, 2.05) is 38.1 Å². The minimum Gasteiger partial charge on any atom is -0.309 e. The molecule has 56 valence electrons. The maximum atomic E-state index is 6.87. The number of nitrogens with zero attached hydrogens (tertiary/aromatic N) is 1. The number of hydrogen-bond acceptors (Lipinski definition) is 0. The molecule has 0 fully saturated rings. The molecule has 1 aromatic carbocycles. The van der Waals surface area contributed by atoms with Gasteiger partial charge in [-0.1, -0.05) is 24.3 Å². The quantitative estimate of drug-likeness (QED) is 0.535. The van der Waals surface area contributed by atoms with Crippen LogP contribution in [0, 0.1) is 13.5 Å². The van der Waals surface area contributed by atoms with E-state index in [0.29, 0.717) is 0 Å². The molecule has 0 aliphatic carbocycles. The molecular formula is C10H11N. The van der Waals surface area contributed by atoms with Gasteiger partial charge in [-0.05, 0) is 12.5 Å². The predicted molar refractivity (Wildman–Crippen MR) is 46.2 cm³/mol. The number of aryl methyl sites for hydroxylation is 1. The zero-order chi connectivity index (χ0) is 8.27. The second-order valence-corrected chi connectivity index (χ2v) is 2.66. The molecule has 1 unspecified atom stereocenters. The summed E-state index contributed by atoms with van der Waals surface area (Å²) in [5, 5.41) is 0. The largest absolute Gasteiger partial charge is 0.309 e. The van der Waals surface area contributed by atoms with E-state index >= 15 is 0 Å². The molecule has 1 atom stereocenters. The van der Waals surface area contributed by atoms with Crippen LogP contribution in [0.2, 0.25) is 0 Å². The van der Waals surface area contributed by atoms with Gasteiger partial charge in [0.25, 0.3) is 0 Å². The average molecular weight is 145 g/mol. The molecule has 0 amide bonds. The van der Waals surface area contributed by atoms with Crippen molar-refractivity contribution in [3.8, 4) is 0 Å². The Bertz CT molecular complexity index is 283. The van der Waals surface area contributed by atoms with Crippen molar-refractivity contribution in [2.45, 2.75) is 19.9 Å². The van der Waals surface area contributed by atoms with Gasteiger partial charge in [-0.3, -0.25) is 0 Å². The Labute approximate surface area is 67.5 Å². The summed E-state index contributed by atoms with van der Waals surface area (Å²) in [5.74, 6) is 0. The topological polar surface area (TPSA) is 4.36 Å². The van der Waals surface area contributed by atoms with Crippen LogP contribution >= 0.6 is 0 Å². The fraction of sp³-hybridized carbons (Fsp3) is 0.300. The molecule has 1 nitrogen and oxygen atoms in total. The number of benzene rings is 1. The average Bonchev–Trinajstić information content (AvgIpc) is 2.04. The first-order chi connectivity index (χ1) is 5.25. The summed E-state index contributed by atoms with van der Waals surface area (Å²) in [6, 6.07) is 8.02. The molecule has 0 spiro atoms. The Morgan fingerprint density at radius 2 is 2.00 bits per heavy atom. The maximum Gasteiger partial charge on any atom is 0.246 e. The van der Waals surface area contributed by atoms with Crippen LogP contribution in [-0.4, -0.2) is 0 Å². The predicted octanol–water partition coefficient (Wildman–Crippen LogP) is 2.98. The van der Waals surface area contributed by atoms with Crippen LogP contribution in [0.5, 0.6) is 0 Å². The fourth-order valence-corrected chi connectivity index (χ4v) is 1.13. The second kappa shape index (κ2) is 3.21. The van der Waals surface area contributed by atoms with Gasteiger partial charge >= 0.3 is 0 Å². The minimum absolute atomic E-state index is 0.00352. The van der Waals surface area contributed by atoms with Crippen LogP contribution in [0.1, 0.15) is 24.1 Å². The van der Waals surface area contributed by atoms with Crippen molar-refractivity contribution >= 4 is 0 Å². The molecule has 0 saturated carbocycles. The molecule has 0 bridgehead atoms. The Morgan fingerprint density at radius 3 is 2.55 bits per heavy atom. The third-order valence-electron chi connectivity index (χ3n) is 1.83. The van der Waals surface area contributed by atoms with Gasteiger partial charge in [0.05, 0.1) is 0 Å². The zero-order valence-corrected chi connectivity index (χ0v) is 6.83. The van der Waals surface area contributed by atoms with E-state index in [0.717, 1.165) is 5.56 Å². The van der Waals surface area contributed by atoms with Gasteiger partial charge in [0.1, 0.15) is 0 Å². The Hall–Kier alpha value is -1.29. The van der Waals surface area contributed by atoms with Crippen LogP contribution in [0.25, 0.3) is 4.85 Å². The first kappa shape index (κ1) is 7.81. The molecule has 0 aliphatic heterocycles. The van der Waals surface area contributed by atoms with E-state index in [1.54, 1.807) is 0 Å². The molecule has 1 heteroatoms. The Kier molecular flexibility index (Phi) is 2.28. The minimum atomic E-state index is -0.00352. The first-order valence-electron chi connectivity index (χ1n) is 3.68. The molecule has 11 heavy (non-hydrogen) atoms. The van der Waals surface area contributed by atoms with Crippen LogP contribution in [0.4, 0.5) is 0 Å². The van der Waals surface area contributed by atoms with E-state index in [1.165, 1.54) is 5.56 Å². The third-order valence-corrected chi connectivity index (χ3v) is 1.83. The van der Waals surface area contributed by atoms with Gasteiger partial charge < -0.3 is 4.85 Å². The monoisotopic (exact) mass is 145 g/mol. The maximum absolute atomic E-state index is 6.87. The summed E-state index contributed by atoms with van der Waals surface area (Å²) in [4.78, 5) is 3.47. The lowest BCUT2D eigenvalue weighted by molar-refractivity contribution is 0.947. The van der Waals surface area contributed by atoms with Crippen molar-refractivity contribution in [2.24, 2.45) is 0 Å². The molecule has 1 rings (SSSR count). The highest BCUT2D eigenvalue weighted by Crippen LogP contribution is 2.19. The van der Waals surface area contributed by atoms with E-state index in [9.17, 15) is 0 Å². The molecule has 1 aromatic rings. The van der Waals surface area contributed by atoms with Gasteiger partial charge in [0.15, 0.2) is 0 Å². The normalized spacial score (nSPS) is 12.1. The van der Waals surface area contributed by atoms with E-state index < -0.39 is 0 Å². The van der Waals surface area contributed by atoms with Crippen LogP contribution < -0.4 is 0 Å². The van der Waals surface area contributed by atoms with Crippen LogP contribution in [-0.2, 0) is 0 Å². The molecule has 0 saturated heterocycles. The highest BCUT2D eigenvalue weighted by molar-refractivity contribution is 5.29. The standard InChI is InChI=1S/C10H11N/c1-8-6-4-5-7-10(8)9(2)11-3/h4-7,9H,1-2H3. The van der Waals surface area contributed by atoms with Crippen molar-refractivity contribution in [3.05, 3.63) is 46.8 Å². The molecular weight excluding hydrogens is 134 g/mol. The second-order valence-electron chi connectivity index (χ2n) is 2.66. The summed E-state index contributed by atoms with van der Waals surface area (Å²) in [6.45, 7) is 10.8. The Balaban J connectivity index is 3.05. The van der Waals surface area contributed by atoms with Gasteiger partial charge in [-0.15, -0.1) is 0 Å². The van der Waals surface area contributed by atoms with Gasteiger partial charge in [-0.25, -0.2) is 6.57 Å². The molecule has 0 aromatic heterocycles. The van der Waals surface area contributed by atoms with Gasteiger partial charge in [0, 0.05) is 12.5 Å². The van der Waals surface area contributed by atoms with E-state index in [2.05, 4.69) is 4.85 Å². The first-order valence-corrected chi connectivity index (χ1v) is 3.68. The lowest BCUT2D eigenvalue weighted by Gasteiger charge is -2.02. The van der Waals surface area contributed by atoms with Crippen LogP contribution in [0.15, 0.2) is 24.3 Å². The van der Waals surface area contributed by atoms with Crippen molar-refractivity contribution < 1.29 is 0 Å². The lowest BCUT2D eigenvalue weighted by atomic mass is 10.0. The molecule has 0 heterocycles. The molecule has 0 radical (unpaired) electrons. The molecule has 0 N–H and O–H groups in total. The highest BCUT2D eigenvalue weighted by Gasteiger charge is 2.09. The highest BCUT2D eigenvalue weighted by atomic mass is 14.7. The van der Waals surface area contributed by atoms with Crippen LogP contribution in [0.3, 0.4) is 0 Å². The molecule has 0 aliphatic rings. The number of hydrogen-bond donors (Lipinski definition) is 0. The summed E-state index contributed by atoms with van der Waals surface area (Å²) < 4.78 is 0. The fourth-order valence-electron chi connectivity index (χ4n) is 1.13. The zero-order valence-electron chi connectivity index (χ0n) is 6.83. The van der Waals surface area contributed by atoms with Crippen molar-refractivity contribution in [2.75, 3.05) is 0 Å². The van der Waals surface area contributed by atoms with Gasteiger partial charge in [0.2, 0.25) is 6.04 Å².